The highest BCUT2D eigenvalue weighted by atomic mass is 35.5. The van der Waals surface area contributed by atoms with Gasteiger partial charge in [-0.15, -0.1) is 0 Å². The predicted octanol–water partition coefficient (Wildman–Crippen LogP) is 3.18. The number of aliphatic carboxylic acids is 1. The minimum Gasteiger partial charge on any atom is -0.496 e. The molecule has 1 saturated heterocycles. The molecule has 3 rings (SSSR count). The number of ether oxygens (including phenoxy) is 1. The third-order valence-electron chi connectivity index (χ3n) is 4.67. The van der Waals surface area contributed by atoms with E-state index in [2.05, 4.69) is 0 Å². The second-order valence-electron chi connectivity index (χ2n) is 6.12. The van der Waals surface area contributed by atoms with Crippen molar-refractivity contribution in [2.24, 2.45) is 17.8 Å². The van der Waals surface area contributed by atoms with E-state index in [0.717, 1.165) is 12.8 Å². The van der Waals surface area contributed by atoms with Crippen LogP contribution in [-0.4, -0.2) is 42.1 Å². The fourth-order valence-corrected chi connectivity index (χ4v) is 3.61. The Morgan fingerprint density at radius 3 is 2.43 bits per heavy atom. The van der Waals surface area contributed by atoms with Gasteiger partial charge >= 0.3 is 5.97 Å². The van der Waals surface area contributed by atoms with Crippen molar-refractivity contribution < 1.29 is 19.4 Å². The number of rotatable bonds is 4. The molecular weight excluding hydrogens is 341 g/mol. The van der Waals surface area contributed by atoms with E-state index < -0.39 is 11.9 Å². The average molecular weight is 358 g/mol. The molecule has 0 aromatic heterocycles. The number of likely N-dealkylation sites (tertiary alicyclic amines) is 1. The Labute approximate surface area is 144 Å². The summed E-state index contributed by atoms with van der Waals surface area (Å²) in [6.45, 7) is 0.683. The number of methoxy groups -OCH3 is 1. The standard InChI is InChI=1S/C16H17Cl2NO4/c1-23-14-5-13(18)12(17)4-9(14)15(20)19-6-10(8-2-3-8)11(7-19)16(21)22/h4-5,8,10-11H,2-3,6-7H2,1H3,(H,21,22)/t10-,11+/m1/s1. The van der Waals surface area contributed by atoms with E-state index in [4.69, 9.17) is 27.9 Å². The average Bonchev–Trinajstić information content (AvgIpc) is 3.27. The Bertz CT molecular complexity index is 660. The number of nitrogens with zero attached hydrogens (tertiary/aromatic N) is 1. The third-order valence-corrected chi connectivity index (χ3v) is 5.39. The van der Waals surface area contributed by atoms with Crippen LogP contribution in [-0.2, 0) is 4.79 Å². The fourth-order valence-electron chi connectivity index (χ4n) is 3.29. The van der Waals surface area contributed by atoms with Crippen LogP contribution < -0.4 is 4.74 Å². The predicted molar refractivity (Wildman–Crippen MR) is 86.3 cm³/mol. The van der Waals surface area contributed by atoms with Gasteiger partial charge in [0.05, 0.1) is 28.6 Å². The van der Waals surface area contributed by atoms with Gasteiger partial charge in [-0.2, -0.15) is 0 Å². The highest BCUT2D eigenvalue weighted by molar-refractivity contribution is 6.42. The van der Waals surface area contributed by atoms with Crippen LogP contribution in [0.25, 0.3) is 0 Å². The molecular formula is C16H17Cl2NO4. The molecule has 1 aromatic rings. The van der Waals surface area contributed by atoms with Gasteiger partial charge < -0.3 is 14.7 Å². The molecule has 7 heteroatoms. The number of halogens is 2. The van der Waals surface area contributed by atoms with Crippen LogP contribution in [0.5, 0.6) is 5.75 Å². The van der Waals surface area contributed by atoms with Gasteiger partial charge in [0.2, 0.25) is 0 Å². The van der Waals surface area contributed by atoms with Crippen LogP contribution in [0.4, 0.5) is 0 Å². The summed E-state index contributed by atoms with van der Waals surface area (Å²) in [5, 5.41) is 9.98. The number of hydrogen-bond donors (Lipinski definition) is 1. The lowest BCUT2D eigenvalue weighted by molar-refractivity contribution is -0.142. The monoisotopic (exact) mass is 357 g/mol. The van der Waals surface area contributed by atoms with E-state index in [-0.39, 0.29) is 23.4 Å². The summed E-state index contributed by atoms with van der Waals surface area (Å²) in [4.78, 5) is 25.9. The van der Waals surface area contributed by atoms with Crippen molar-refractivity contribution in [1.29, 1.82) is 0 Å². The molecule has 1 aromatic carbocycles. The number of hydrogen-bond acceptors (Lipinski definition) is 3. The summed E-state index contributed by atoms with van der Waals surface area (Å²) in [6, 6.07) is 2.98. The number of carbonyl (C=O) groups is 2. The van der Waals surface area contributed by atoms with Crippen molar-refractivity contribution in [3.8, 4) is 5.75 Å². The van der Waals surface area contributed by atoms with Gasteiger partial charge in [-0.25, -0.2) is 0 Å². The van der Waals surface area contributed by atoms with Crippen molar-refractivity contribution in [3.63, 3.8) is 0 Å². The van der Waals surface area contributed by atoms with Gasteiger partial charge in [0.15, 0.2) is 0 Å². The maximum Gasteiger partial charge on any atom is 0.308 e. The smallest absolute Gasteiger partial charge is 0.308 e. The van der Waals surface area contributed by atoms with Gasteiger partial charge in [-0.3, -0.25) is 9.59 Å². The van der Waals surface area contributed by atoms with Crippen LogP contribution in [0, 0.1) is 17.8 Å². The molecule has 1 amide bonds. The minimum absolute atomic E-state index is 0.0326. The van der Waals surface area contributed by atoms with Crippen molar-refractivity contribution in [2.45, 2.75) is 12.8 Å². The zero-order valence-electron chi connectivity index (χ0n) is 12.6. The first-order valence-corrected chi connectivity index (χ1v) is 8.23. The molecule has 1 aliphatic carbocycles. The minimum atomic E-state index is -0.835. The zero-order chi connectivity index (χ0) is 16.7. The molecule has 23 heavy (non-hydrogen) atoms. The molecule has 0 unspecified atom stereocenters. The maximum atomic E-state index is 12.8. The van der Waals surface area contributed by atoms with Gasteiger partial charge in [0.1, 0.15) is 5.75 Å². The topological polar surface area (TPSA) is 66.8 Å². The molecule has 2 fully saturated rings. The quantitative estimate of drug-likeness (QED) is 0.898. The Morgan fingerprint density at radius 1 is 1.22 bits per heavy atom. The first-order chi connectivity index (χ1) is 10.9. The fraction of sp³-hybridized carbons (Fsp3) is 0.500. The van der Waals surface area contributed by atoms with Crippen molar-refractivity contribution >= 4 is 35.1 Å². The second-order valence-corrected chi connectivity index (χ2v) is 6.94. The molecule has 2 atom stereocenters. The number of benzene rings is 1. The van der Waals surface area contributed by atoms with Crippen molar-refractivity contribution in [3.05, 3.63) is 27.7 Å². The van der Waals surface area contributed by atoms with Crippen molar-refractivity contribution in [2.75, 3.05) is 20.2 Å². The normalized spacial score (nSPS) is 23.9. The SMILES string of the molecule is COc1cc(Cl)c(Cl)cc1C(=O)N1C[C@H](C(=O)O)[C@@H](C2CC2)C1. The van der Waals surface area contributed by atoms with Crippen LogP contribution >= 0.6 is 23.2 Å². The zero-order valence-corrected chi connectivity index (χ0v) is 14.1. The molecule has 1 aliphatic heterocycles. The molecule has 1 heterocycles. The summed E-state index contributed by atoms with van der Waals surface area (Å²) < 4.78 is 5.22. The van der Waals surface area contributed by atoms with Gasteiger partial charge in [0, 0.05) is 19.2 Å². The van der Waals surface area contributed by atoms with Crippen LogP contribution in [0.2, 0.25) is 10.0 Å². The Morgan fingerprint density at radius 2 is 1.87 bits per heavy atom. The number of carboxylic acids is 1. The highest BCUT2D eigenvalue weighted by Gasteiger charge is 2.47. The van der Waals surface area contributed by atoms with E-state index in [0.29, 0.717) is 28.8 Å². The summed E-state index contributed by atoms with van der Waals surface area (Å²) in [7, 11) is 1.45. The maximum absolute atomic E-state index is 12.8. The number of carbonyl (C=O) groups excluding carboxylic acids is 1. The molecule has 5 nitrogen and oxygen atoms in total. The molecule has 0 radical (unpaired) electrons. The van der Waals surface area contributed by atoms with E-state index in [1.807, 2.05) is 0 Å². The van der Waals surface area contributed by atoms with E-state index >= 15 is 0 Å². The molecule has 2 aliphatic rings. The summed E-state index contributed by atoms with van der Waals surface area (Å²) in [6.07, 6.45) is 2.10. The molecule has 124 valence electrons. The van der Waals surface area contributed by atoms with Gasteiger partial charge in [0.25, 0.3) is 5.91 Å². The number of carboxylic acid groups (broad SMARTS) is 1. The van der Waals surface area contributed by atoms with Crippen LogP contribution in [0.3, 0.4) is 0 Å². The molecule has 1 N–H and O–H groups in total. The Kier molecular flexibility index (Phi) is 4.43. The van der Waals surface area contributed by atoms with Crippen LogP contribution in [0.15, 0.2) is 12.1 Å². The number of amides is 1. The largest absolute Gasteiger partial charge is 0.496 e. The van der Waals surface area contributed by atoms with E-state index in [9.17, 15) is 14.7 Å². The second kappa shape index (κ2) is 6.21. The molecule has 1 saturated carbocycles. The Balaban J connectivity index is 1.86. The Hall–Kier alpha value is -1.46. The first kappa shape index (κ1) is 16.4. The summed E-state index contributed by atoms with van der Waals surface area (Å²) >= 11 is 12.0. The lowest BCUT2D eigenvalue weighted by atomic mass is 9.92. The lowest BCUT2D eigenvalue weighted by Gasteiger charge is -2.18. The van der Waals surface area contributed by atoms with Gasteiger partial charge in [-0.05, 0) is 30.7 Å². The summed E-state index contributed by atoms with van der Waals surface area (Å²) in [5.41, 5.74) is 0.308. The summed E-state index contributed by atoms with van der Waals surface area (Å²) in [5.74, 6) is -0.811. The van der Waals surface area contributed by atoms with E-state index in [1.165, 1.54) is 19.2 Å². The third kappa shape index (κ3) is 3.12. The van der Waals surface area contributed by atoms with Crippen molar-refractivity contribution in [1.82, 2.24) is 4.90 Å². The lowest BCUT2D eigenvalue weighted by Crippen LogP contribution is -2.30. The highest BCUT2D eigenvalue weighted by Crippen LogP contribution is 2.44. The molecule has 0 spiro atoms. The molecule has 0 bridgehead atoms. The van der Waals surface area contributed by atoms with Crippen LogP contribution in [0.1, 0.15) is 23.2 Å². The van der Waals surface area contributed by atoms with E-state index in [1.54, 1.807) is 4.90 Å². The first-order valence-electron chi connectivity index (χ1n) is 7.47. The van der Waals surface area contributed by atoms with Gasteiger partial charge in [-0.1, -0.05) is 23.2 Å².